The van der Waals surface area contributed by atoms with Crippen LogP contribution in [0.5, 0.6) is 0 Å². The summed E-state index contributed by atoms with van der Waals surface area (Å²) in [5, 5.41) is 9.47. The molecule has 7 heteroatoms. The van der Waals surface area contributed by atoms with Crippen LogP contribution in [0.1, 0.15) is 18.5 Å². The lowest BCUT2D eigenvalue weighted by Crippen LogP contribution is -2.19. The Balaban J connectivity index is 1.88. The topological polar surface area (TPSA) is 96.8 Å². The minimum Gasteiger partial charge on any atom is -0.481 e. The van der Waals surface area contributed by atoms with Crippen LogP contribution in [0.15, 0.2) is 44.2 Å². The summed E-state index contributed by atoms with van der Waals surface area (Å²) >= 11 is 0. The molecule has 0 amide bonds. The van der Waals surface area contributed by atoms with Gasteiger partial charge < -0.3 is 18.8 Å². The Kier molecular flexibility index (Phi) is 4.56. The van der Waals surface area contributed by atoms with Crippen LogP contribution in [0.4, 0.5) is 5.69 Å². The maximum atomic E-state index is 12.2. The van der Waals surface area contributed by atoms with Gasteiger partial charge in [0.15, 0.2) is 0 Å². The van der Waals surface area contributed by atoms with Gasteiger partial charge in [-0.2, -0.15) is 0 Å². The van der Waals surface area contributed by atoms with Crippen LogP contribution >= 0.6 is 0 Å². The molecule has 0 aliphatic heterocycles. The number of aryl methyl sites for hydroxylation is 1. The van der Waals surface area contributed by atoms with Crippen molar-refractivity contribution in [3.63, 3.8) is 0 Å². The van der Waals surface area contributed by atoms with E-state index in [-0.39, 0.29) is 17.9 Å². The third-order valence-electron chi connectivity index (χ3n) is 3.89. The van der Waals surface area contributed by atoms with Crippen molar-refractivity contribution in [1.82, 2.24) is 4.98 Å². The Morgan fingerprint density at radius 2 is 2.12 bits per heavy atom. The van der Waals surface area contributed by atoms with Gasteiger partial charge >= 0.3 is 11.6 Å². The average molecular weight is 342 g/mol. The molecule has 25 heavy (non-hydrogen) atoms. The van der Waals surface area contributed by atoms with Crippen molar-refractivity contribution in [2.45, 2.75) is 19.8 Å². The summed E-state index contributed by atoms with van der Waals surface area (Å²) in [5.74, 6) is -0.574. The SMILES string of the molecule is Cc1coc(-c2cc3ccc(N(C)CCCC(=O)O)cc3oc2=O)n1. The first-order valence-electron chi connectivity index (χ1n) is 7.87. The molecule has 0 spiro atoms. The molecule has 1 N–H and O–H groups in total. The smallest absolute Gasteiger partial charge is 0.349 e. The molecule has 1 aromatic carbocycles. The maximum Gasteiger partial charge on any atom is 0.349 e. The standard InChI is InChI=1S/C18H18N2O5/c1-11-10-24-17(19-11)14-8-12-5-6-13(9-15(12)25-18(14)23)20(2)7-3-4-16(21)22/h5-6,8-10H,3-4,7H2,1-2H3,(H,21,22). The molecule has 0 atom stereocenters. The number of anilines is 1. The molecule has 0 bridgehead atoms. The Labute approximate surface area is 143 Å². The lowest BCUT2D eigenvalue weighted by Gasteiger charge is -2.19. The van der Waals surface area contributed by atoms with Gasteiger partial charge in [0.1, 0.15) is 17.4 Å². The van der Waals surface area contributed by atoms with E-state index in [1.807, 2.05) is 24.1 Å². The van der Waals surface area contributed by atoms with E-state index in [1.165, 1.54) is 6.26 Å². The molecule has 3 aromatic rings. The molecule has 0 radical (unpaired) electrons. The Morgan fingerprint density at radius 3 is 2.80 bits per heavy atom. The molecule has 0 saturated heterocycles. The van der Waals surface area contributed by atoms with Crippen LogP contribution in [0.2, 0.25) is 0 Å². The van der Waals surface area contributed by atoms with Gasteiger partial charge in [-0.3, -0.25) is 4.79 Å². The molecular formula is C18H18N2O5. The lowest BCUT2D eigenvalue weighted by atomic mass is 10.1. The van der Waals surface area contributed by atoms with Gasteiger partial charge in [-0.05, 0) is 31.5 Å². The van der Waals surface area contributed by atoms with Crippen LogP contribution < -0.4 is 10.5 Å². The predicted molar refractivity (Wildman–Crippen MR) is 92.9 cm³/mol. The number of carboxylic acid groups (broad SMARTS) is 1. The minimum atomic E-state index is -0.813. The summed E-state index contributed by atoms with van der Waals surface area (Å²) in [5.41, 5.74) is 1.76. The van der Waals surface area contributed by atoms with Crippen molar-refractivity contribution in [2.75, 3.05) is 18.5 Å². The third kappa shape index (κ3) is 3.71. The van der Waals surface area contributed by atoms with Gasteiger partial charge in [0, 0.05) is 37.2 Å². The molecule has 3 rings (SSSR count). The number of rotatable bonds is 6. The van der Waals surface area contributed by atoms with E-state index in [9.17, 15) is 9.59 Å². The van der Waals surface area contributed by atoms with Gasteiger partial charge in [-0.15, -0.1) is 0 Å². The highest BCUT2D eigenvalue weighted by molar-refractivity contribution is 5.83. The average Bonchev–Trinajstić information content (AvgIpc) is 2.99. The lowest BCUT2D eigenvalue weighted by molar-refractivity contribution is -0.137. The van der Waals surface area contributed by atoms with Crippen LogP contribution in [0.3, 0.4) is 0 Å². The van der Waals surface area contributed by atoms with E-state index in [1.54, 1.807) is 19.1 Å². The number of aromatic nitrogens is 1. The highest BCUT2D eigenvalue weighted by atomic mass is 16.4. The summed E-state index contributed by atoms with van der Waals surface area (Å²) in [6.07, 6.45) is 2.14. The zero-order chi connectivity index (χ0) is 18.0. The summed E-state index contributed by atoms with van der Waals surface area (Å²) in [4.78, 5) is 28.9. The third-order valence-corrected chi connectivity index (χ3v) is 3.89. The van der Waals surface area contributed by atoms with Crippen LogP contribution in [0, 0.1) is 6.92 Å². The number of fused-ring (bicyclic) bond motifs is 1. The fourth-order valence-electron chi connectivity index (χ4n) is 2.56. The monoisotopic (exact) mass is 342 g/mol. The second-order valence-corrected chi connectivity index (χ2v) is 5.88. The Hall–Kier alpha value is -3.09. The minimum absolute atomic E-state index is 0.117. The maximum absolute atomic E-state index is 12.2. The fraction of sp³-hybridized carbons (Fsp3) is 0.278. The van der Waals surface area contributed by atoms with Crippen molar-refractivity contribution in [2.24, 2.45) is 0 Å². The largest absolute Gasteiger partial charge is 0.481 e. The molecule has 0 saturated carbocycles. The van der Waals surface area contributed by atoms with E-state index in [0.29, 0.717) is 24.2 Å². The molecule has 2 aromatic heterocycles. The summed E-state index contributed by atoms with van der Waals surface area (Å²) in [6.45, 7) is 2.37. The Bertz CT molecular complexity index is 973. The molecule has 2 heterocycles. The second-order valence-electron chi connectivity index (χ2n) is 5.88. The van der Waals surface area contributed by atoms with Gasteiger partial charge in [0.25, 0.3) is 0 Å². The number of hydrogen-bond acceptors (Lipinski definition) is 6. The molecule has 0 fully saturated rings. The Morgan fingerprint density at radius 1 is 1.32 bits per heavy atom. The number of aliphatic carboxylic acids is 1. The normalized spacial score (nSPS) is 11.0. The van der Waals surface area contributed by atoms with Crippen molar-refractivity contribution in [3.05, 3.63) is 46.6 Å². The first kappa shape index (κ1) is 16.8. The number of carboxylic acids is 1. The highest BCUT2D eigenvalue weighted by Crippen LogP contribution is 2.24. The van der Waals surface area contributed by atoms with Crippen LogP contribution in [0.25, 0.3) is 22.4 Å². The van der Waals surface area contributed by atoms with Crippen molar-refractivity contribution < 1.29 is 18.7 Å². The number of benzene rings is 1. The molecular weight excluding hydrogens is 324 g/mol. The highest BCUT2D eigenvalue weighted by Gasteiger charge is 2.13. The van der Waals surface area contributed by atoms with Gasteiger partial charge in [0.05, 0.1) is 5.69 Å². The molecule has 130 valence electrons. The zero-order valence-electron chi connectivity index (χ0n) is 14.0. The van der Waals surface area contributed by atoms with E-state index < -0.39 is 11.6 Å². The predicted octanol–water partition coefficient (Wildman–Crippen LogP) is 3.06. The van der Waals surface area contributed by atoms with E-state index in [4.69, 9.17) is 13.9 Å². The van der Waals surface area contributed by atoms with E-state index >= 15 is 0 Å². The first-order chi connectivity index (χ1) is 11.9. The number of oxazole rings is 1. The zero-order valence-corrected chi connectivity index (χ0v) is 14.0. The number of carbonyl (C=O) groups is 1. The van der Waals surface area contributed by atoms with Crippen molar-refractivity contribution in [3.8, 4) is 11.5 Å². The van der Waals surface area contributed by atoms with Gasteiger partial charge in [-0.1, -0.05) is 0 Å². The molecule has 0 aliphatic rings. The van der Waals surface area contributed by atoms with Crippen molar-refractivity contribution >= 4 is 22.6 Å². The fourth-order valence-corrected chi connectivity index (χ4v) is 2.56. The first-order valence-corrected chi connectivity index (χ1v) is 7.87. The van der Waals surface area contributed by atoms with E-state index in [2.05, 4.69) is 4.98 Å². The van der Waals surface area contributed by atoms with Crippen LogP contribution in [-0.4, -0.2) is 29.7 Å². The van der Waals surface area contributed by atoms with Gasteiger partial charge in [0.2, 0.25) is 5.89 Å². The summed E-state index contributed by atoms with van der Waals surface area (Å²) in [7, 11) is 1.87. The number of nitrogens with zero attached hydrogens (tertiary/aromatic N) is 2. The quantitative estimate of drug-likeness (QED) is 0.688. The summed E-state index contributed by atoms with van der Waals surface area (Å²) < 4.78 is 10.7. The molecule has 7 nitrogen and oxygen atoms in total. The van der Waals surface area contributed by atoms with Gasteiger partial charge in [-0.25, -0.2) is 9.78 Å². The van der Waals surface area contributed by atoms with Crippen LogP contribution in [-0.2, 0) is 4.79 Å². The molecule has 0 unspecified atom stereocenters. The van der Waals surface area contributed by atoms with E-state index in [0.717, 1.165) is 11.1 Å². The summed E-state index contributed by atoms with van der Waals surface area (Å²) in [6, 6.07) is 7.21. The van der Waals surface area contributed by atoms with Crippen molar-refractivity contribution in [1.29, 1.82) is 0 Å². The second kappa shape index (κ2) is 6.80. The molecule has 0 aliphatic carbocycles. The number of hydrogen-bond donors (Lipinski definition) is 1.